The molecule has 4 rings (SSSR count). The van der Waals surface area contributed by atoms with Crippen molar-refractivity contribution in [3.8, 4) is 0 Å². The van der Waals surface area contributed by atoms with Crippen molar-refractivity contribution in [2.24, 2.45) is 0 Å². The first-order valence-electron chi connectivity index (χ1n) is 10.8. The van der Waals surface area contributed by atoms with Crippen LogP contribution in [0, 0.1) is 0 Å². The molecule has 11 heteroatoms. The highest BCUT2D eigenvalue weighted by atomic mass is 32.2. The summed E-state index contributed by atoms with van der Waals surface area (Å²) >= 11 is 8.45. The summed E-state index contributed by atoms with van der Waals surface area (Å²) in [5.41, 5.74) is 0.832. The normalized spacial score (nSPS) is 27.8. The third-order valence-electron chi connectivity index (χ3n) is 6.25. The van der Waals surface area contributed by atoms with Gasteiger partial charge in [-0.05, 0) is 33.3 Å². The molecule has 2 N–H and O–H groups in total. The van der Waals surface area contributed by atoms with Gasteiger partial charge in [0.2, 0.25) is 11.8 Å². The van der Waals surface area contributed by atoms with E-state index in [1.165, 1.54) is 28.4 Å². The molecular weight excluding hydrogens is 480 g/mol. The predicted molar refractivity (Wildman–Crippen MR) is 134 cm³/mol. The number of carbonyl (C=O) groups excluding carboxylic acids is 2. The number of hydrogen-bond donors (Lipinski definition) is 2. The molecule has 3 aliphatic heterocycles. The van der Waals surface area contributed by atoms with Crippen LogP contribution in [0.3, 0.4) is 0 Å². The molecule has 0 saturated carbocycles. The number of fused-ring (bicyclic) bond motifs is 1. The molecule has 8 nitrogen and oxygen atoms in total. The molecule has 1 aromatic rings. The van der Waals surface area contributed by atoms with Gasteiger partial charge in [-0.15, -0.1) is 11.8 Å². The van der Waals surface area contributed by atoms with E-state index in [1.54, 1.807) is 0 Å². The smallest absolute Gasteiger partial charge is 0.327 e. The Morgan fingerprint density at radius 3 is 2.52 bits per heavy atom. The number of β-lactam (4-membered cyclic amide) rings is 1. The Balaban J connectivity index is 1.56. The minimum Gasteiger partial charge on any atom is -0.480 e. The van der Waals surface area contributed by atoms with Crippen LogP contribution in [0.2, 0.25) is 0 Å². The van der Waals surface area contributed by atoms with Crippen molar-refractivity contribution in [3.05, 3.63) is 35.9 Å². The fourth-order valence-corrected chi connectivity index (χ4v) is 7.58. The third-order valence-corrected chi connectivity index (χ3v) is 9.35. The van der Waals surface area contributed by atoms with Gasteiger partial charge in [-0.3, -0.25) is 14.5 Å². The number of thiocarbonyl (C=S) groups is 1. The lowest BCUT2D eigenvalue weighted by Gasteiger charge is -2.45. The first-order chi connectivity index (χ1) is 15.5. The van der Waals surface area contributed by atoms with Gasteiger partial charge in [-0.1, -0.05) is 54.3 Å². The highest BCUT2D eigenvalue weighted by Gasteiger charge is 2.64. The summed E-state index contributed by atoms with van der Waals surface area (Å²) in [7, 11) is 0. The Morgan fingerprint density at radius 2 is 1.91 bits per heavy atom. The fourth-order valence-electron chi connectivity index (χ4n) is 4.59. The predicted octanol–water partition coefficient (Wildman–Crippen LogP) is 2.32. The Morgan fingerprint density at radius 1 is 1.24 bits per heavy atom. The van der Waals surface area contributed by atoms with E-state index in [2.05, 4.69) is 29.0 Å². The molecule has 3 aliphatic rings. The lowest BCUT2D eigenvalue weighted by molar-refractivity contribution is -0.161. The fraction of sp³-hybridized carbons (Fsp3) is 0.545. The second-order valence-corrected chi connectivity index (χ2v) is 12.6. The lowest BCUT2D eigenvalue weighted by atomic mass is 9.95. The van der Waals surface area contributed by atoms with E-state index in [4.69, 9.17) is 12.2 Å². The van der Waals surface area contributed by atoms with Gasteiger partial charge in [0.05, 0.1) is 12.5 Å². The molecule has 4 atom stereocenters. The highest BCUT2D eigenvalue weighted by Crippen LogP contribution is 2.50. The first-order valence-corrected chi connectivity index (χ1v) is 13.1. The number of benzene rings is 1. The van der Waals surface area contributed by atoms with Gasteiger partial charge in [-0.2, -0.15) is 0 Å². The largest absolute Gasteiger partial charge is 0.480 e. The van der Waals surface area contributed by atoms with Crippen LogP contribution in [0.25, 0.3) is 0 Å². The third kappa shape index (κ3) is 4.36. The highest BCUT2D eigenvalue weighted by molar-refractivity contribution is 8.22. The number of nitrogens with one attached hydrogen (secondary N) is 1. The maximum absolute atomic E-state index is 13.6. The van der Waals surface area contributed by atoms with Crippen LogP contribution in [0.1, 0.15) is 39.3 Å². The standard InChI is InChI=1S/C22H28N4O4S3/c1-12(2)25-10-24(11-32-21(25)31)15(13-8-6-5-7-9-13)17(27)23-14-18(28)26-16(20(29)30)22(3,4)33-19(14)26/h5-9,12,14-16,19H,10-11H2,1-4H3,(H,23,27)(H,29,30). The van der Waals surface area contributed by atoms with Gasteiger partial charge in [0.15, 0.2) is 0 Å². The van der Waals surface area contributed by atoms with Gasteiger partial charge in [-0.25, -0.2) is 4.79 Å². The molecule has 0 radical (unpaired) electrons. The monoisotopic (exact) mass is 508 g/mol. The SMILES string of the molecule is CC(C)N1CN(C(C(=O)NC2C(=O)N3C2SC(C)(C)C3C(=O)O)c2ccccc2)CSC1=S. The Labute approximate surface area is 207 Å². The van der Waals surface area contributed by atoms with Gasteiger partial charge in [0.1, 0.15) is 27.8 Å². The lowest BCUT2D eigenvalue weighted by Crippen LogP contribution is -2.71. The van der Waals surface area contributed by atoms with Crippen molar-refractivity contribution < 1.29 is 19.5 Å². The van der Waals surface area contributed by atoms with E-state index >= 15 is 0 Å². The maximum Gasteiger partial charge on any atom is 0.327 e. The Kier molecular flexibility index (Phi) is 6.69. The van der Waals surface area contributed by atoms with Crippen LogP contribution in [0.15, 0.2) is 30.3 Å². The zero-order chi connectivity index (χ0) is 24.1. The number of rotatable bonds is 6. The molecule has 178 valence electrons. The van der Waals surface area contributed by atoms with Crippen LogP contribution in [0.4, 0.5) is 0 Å². The minimum atomic E-state index is -1.02. The molecule has 0 bridgehead atoms. The molecule has 0 spiro atoms. The molecule has 3 fully saturated rings. The second kappa shape index (κ2) is 9.09. The summed E-state index contributed by atoms with van der Waals surface area (Å²) < 4.78 is 0.170. The van der Waals surface area contributed by atoms with E-state index in [0.29, 0.717) is 12.5 Å². The number of thioether (sulfide) groups is 2. The van der Waals surface area contributed by atoms with Crippen molar-refractivity contribution in [1.82, 2.24) is 20.0 Å². The van der Waals surface area contributed by atoms with Gasteiger partial charge < -0.3 is 20.2 Å². The summed E-state index contributed by atoms with van der Waals surface area (Å²) in [4.78, 5) is 43.8. The van der Waals surface area contributed by atoms with Crippen molar-refractivity contribution in [2.75, 3.05) is 12.5 Å². The number of nitrogens with zero attached hydrogens (tertiary/aromatic N) is 3. The summed E-state index contributed by atoms with van der Waals surface area (Å²) in [5, 5.41) is 12.2. The topological polar surface area (TPSA) is 93.2 Å². The number of carboxylic acid groups (broad SMARTS) is 1. The van der Waals surface area contributed by atoms with Gasteiger partial charge in [0.25, 0.3) is 0 Å². The van der Waals surface area contributed by atoms with Crippen molar-refractivity contribution in [2.45, 2.75) is 62.0 Å². The number of carboxylic acids is 1. The molecule has 3 heterocycles. The minimum absolute atomic E-state index is 0.194. The second-order valence-electron chi connectivity index (χ2n) is 9.23. The number of aliphatic carboxylic acids is 1. The van der Waals surface area contributed by atoms with Crippen LogP contribution in [0.5, 0.6) is 0 Å². The average Bonchev–Trinajstić information content (AvgIpc) is 3.02. The molecule has 33 heavy (non-hydrogen) atoms. The number of hydrogen-bond acceptors (Lipinski definition) is 7. The van der Waals surface area contributed by atoms with E-state index in [1.807, 2.05) is 44.2 Å². The van der Waals surface area contributed by atoms with Crippen molar-refractivity contribution >= 4 is 57.8 Å². The van der Waals surface area contributed by atoms with Crippen molar-refractivity contribution in [1.29, 1.82) is 0 Å². The first kappa shape index (κ1) is 24.3. The van der Waals surface area contributed by atoms with Crippen LogP contribution in [-0.2, 0) is 14.4 Å². The summed E-state index contributed by atoms with van der Waals surface area (Å²) in [6.07, 6.45) is 0. The zero-order valence-electron chi connectivity index (χ0n) is 18.9. The number of carbonyl (C=O) groups is 3. The quantitative estimate of drug-likeness (QED) is 0.444. The number of amides is 2. The molecule has 3 saturated heterocycles. The molecule has 4 unspecified atom stereocenters. The van der Waals surface area contributed by atoms with E-state index in [-0.39, 0.29) is 23.2 Å². The van der Waals surface area contributed by atoms with E-state index < -0.39 is 28.8 Å². The summed E-state index contributed by atoms with van der Waals surface area (Å²) in [6, 6.07) is 7.44. The van der Waals surface area contributed by atoms with Gasteiger partial charge >= 0.3 is 5.97 Å². The maximum atomic E-state index is 13.6. The zero-order valence-corrected chi connectivity index (χ0v) is 21.4. The molecule has 2 amide bonds. The Hall–Kier alpha value is -1.82. The summed E-state index contributed by atoms with van der Waals surface area (Å²) in [5.74, 6) is -1.07. The average molecular weight is 509 g/mol. The van der Waals surface area contributed by atoms with Crippen LogP contribution in [-0.4, -0.2) is 82.7 Å². The van der Waals surface area contributed by atoms with Crippen LogP contribution >= 0.6 is 35.7 Å². The Bertz CT molecular complexity index is 974. The van der Waals surface area contributed by atoms with E-state index in [0.717, 1.165) is 9.88 Å². The summed E-state index contributed by atoms with van der Waals surface area (Å²) in [6.45, 7) is 8.28. The van der Waals surface area contributed by atoms with Gasteiger partial charge in [0, 0.05) is 10.8 Å². The van der Waals surface area contributed by atoms with E-state index in [9.17, 15) is 19.5 Å². The van der Waals surface area contributed by atoms with Crippen LogP contribution < -0.4 is 5.32 Å². The molecular formula is C22H28N4O4S3. The molecule has 0 aliphatic carbocycles. The molecule has 0 aromatic heterocycles. The molecule has 1 aromatic carbocycles. The van der Waals surface area contributed by atoms with Crippen molar-refractivity contribution in [3.63, 3.8) is 0 Å².